The molecule has 2 heteroatoms. The lowest BCUT2D eigenvalue weighted by molar-refractivity contribution is -0.113. The van der Waals surface area contributed by atoms with Gasteiger partial charge in [0.05, 0.1) is 5.54 Å². The molecule has 1 aromatic carbocycles. The fraction of sp³-hybridized carbons (Fsp3) is 0.364. The number of hydrogen-bond acceptors (Lipinski definition) is 2. The molecule has 0 saturated carbocycles. The smallest absolute Gasteiger partial charge is 0.144 e. The van der Waals surface area contributed by atoms with E-state index in [1.807, 2.05) is 30.3 Å². The van der Waals surface area contributed by atoms with Gasteiger partial charge in [-0.1, -0.05) is 30.3 Å². The third-order valence-corrected chi connectivity index (χ3v) is 2.68. The maximum absolute atomic E-state index is 11.1. The Kier molecular flexibility index (Phi) is 2.15. The Morgan fingerprint density at radius 1 is 1.31 bits per heavy atom. The molecule has 0 aliphatic carbocycles. The van der Waals surface area contributed by atoms with Gasteiger partial charge in [-0.3, -0.25) is 0 Å². The third kappa shape index (κ3) is 1.38. The van der Waals surface area contributed by atoms with Crippen molar-refractivity contribution in [1.29, 1.82) is 0 Å². The quantitative estimate of drug-likeness (QED) is 0.689. The minimum absolute atomic E-state index is 0.402. The van der Waals surface area contributed by atoms with E-state index in [4.69, 9.17) is 0 Å². The van der Waals surface area contributed by atoms with E-state index in [1.54, 1.807) is 0 Å². The Hall–Kier alpha value is -1.15. The van der Waals surface area contributed by atoms with E-state index in [1.165, 1.54) is 0 Å². The van der Waals surface area contributed by atoms with Crippen LogP contribution in [0.25, 0.3) is 0 Å². The zero-order valence-corrected chi connectivity index (χ0v) is 7.49. The summed E-state index contributed by atoms with van der Waals surface area (Å²) in [5, 5.41) is 3.27. The summed E-state index contributed by atoms with van der Waals surface area (Å²) < 4.78 is 0. The van der Waals surface area contributed by atoms with Crippen LogP contribution in [-0.2, 0) is 10.3 Å². The third-order valence-electron chi connectivity index (χ3n) is 2.68. The highest BCUT2D eigenvalue weighted by atomic mass is 16.1. The summed E-state index contributed by atoms with van der Waals surface area (Å²) in [6.07, 6.45) is 3.03. The van der Waals surface area contributed by atoms with Gasteiger partial charge >= 0.3 is 0 Å². The van der Waals surface area contributed by atoms with Gasteiger partial charge < -0.3 is 10.1 Å². The van der Waals surface area contributed by atoms with Gasteiger partial charge in [0.15, 0.2) is 0 Å². The molecule has 68 valence electrons. The molecule has 1 N–H and O–H groups in total. The molecule has 13 heavy (non-hydrogen) atoms. The van der Waals surface area contributed by atoms with Crippen LogP contribution >= 0.6 is 0 Å². The Morgan fingerprint density at radius 3 is 2.62 bits per heavy atom. The van der Waals surface area contributed by atoms with Gasteiger partial charge in [0.25, 0.3) is 0 Å². The molecule has 1 aliphatic rings. The number of rotatable bonds is 2. The van der Waals surface area contributed by atoms with Gasteiger partial charge in [0.1, 0.15) is 6.29 Å². The molecule has 1 saturated heterocycles. The van der Waals surface area contributed by atoms with Crippen molar-refractivity contribution >= 4 is 6.29 Å². The molecule has 0 bridgehead atoms. The SMILES string of the molecule is O=C[C@]1(c2ccccc2)CCCN1. The van der Waals surface area contributed by atoms with E-state index in [-0.39, 0.29) is 0 Å². The molecule has 0 amide bonds. The number of carbonyl (C=O) groups excluding carboxylic acids is 1. The summed E-state index contributed by atoms with van der Waals surface area (Å²) in [6, 6.07) is 9.93. The average Bonchev–Trinajstić information content (AvgIpc) is 2.69. The van der Waals surface area contributed by atoms with E-state index in [2.05, 4.69) is 5.32 Å². The van der Waals surface area contributed by atoms with Crippen molar-refractivity contribution in [3.8, 4) is 0 Å². The molecule has 1 atom stereocenters. The molecule has 1 aliphatic heterocycles. The van der Waals surface area contributed by atoms with E-state index in [0.29, 0.717) is 0 Å². The number of benzene rings is 1. The molecule has 0 unspecified atom stereocenters. The first-order valence-corrected chi connectivity index (χ1v) is 4.64. The van der Waals surface area contributed by atoms with Crippen molar-refractivity contribution < 1.29 is 4.79 Å². The fourth-order valence-electron chi connectivity index (χ4n) is 1.92. The molecular weight excluding hydrogens is 162 g/mol. The van der Waals surface area contributed by atoms with Crippen LogP contribution in [0.3, 0.4) is 0 Å². The first-order valence-electron chi connectivity index (χ1n) is 4.64. The van der Waals surface area contributed by atoms with Crippen LogP contribution in [0.15, 0.2) is 30.3 Å². The normalized spacial score (nSPS) is 27.4. The fourth-order valence-corrected chi connectivity index (χ4v) is 1.92. The summed E-state index contributed by atoms with van der Waals surface area (Å²) in [7, 11) is 0. The highest BCUT2D eigenvalue weighted by Crippen LogP contribution is 2.28. The molecular formula is C11H13NO. The standard InChI is InChI=1S/C11H13NO/c13-9-11(7-4-8-12-11)10-5-2-1-3-6-10/h1-3,5-6,9,12H,4,7-8H2/t11-/m0/s1. The van der Waals surface area contributed by atoms with Crippen LogP contribution in [-0.4, -0.2) is 12.8 Å². The minimum Gasteiger partial charge on any atom is -0.301 e. The molecule has 0 aromatic heterocycles. The van der Waals surface area contributed by atoms with Crippen LogP contribution < -0.4 is 5.32 Å². The van der Waals surface area contributed by atoms with Crippen molar-refractivity contribution in [2.24, 2.45) is 0 Å². The maximum atomic E-state index is 11.1. The second kappa shape index (κ2) is 3.30. The minimum atomic E-state index is -0.402. The first kappa shape index (κ1) is 8.45. The molecule has 0 spiro atoms. The lowest BCUT2D eigenvalue weighted by atomic mass is 9.90. The van der Waals surface area contributed by atoms with Gasteiger partial charge in [-0.15, -0.1) is 0 Å². The molecule has 0 radical (unpaired) electrons. The summed E-state index contributed by atoms with van der Waals surface area (Å²) in [5.74, 6) is 0. The van der Waals surface area contributed by atoms with Crippen LogP contribution in [0.4, 0.5) is 0 Å². The summed E-state index contributed by atoms with van der Waals surface area (Å²) in [5.41, 5.74) is 0.684. The van der Waals surface area contributed by atoms with Gasteiger partial charge in [-0.05, 0) is 24.9 Å². The largest absolute Gasteiger partial charge is 0.301 e. The highest BCUT2D eigenvalue weighted by molar-refractivity contribution is 5.68. The lowest BCUT2D eigenvalue weighted by Crippen LogP contribution is -2.38. The Balaban J connectivity index is 2.36. The predicted octanol–water partition coefficient (Wildman–Crippen LogP) is 1.46. The van der Waals surface area contributed by atoms with Crippen LogP contribution in [0, 0.1) is 0 Å². The van der Waals surface area contributed by atoms with E-state index in [9.17, 15) is 4.79 Å². The van der Waals surface area contributed by atoms with Crippen molar-refractivity contribution in [3.05, 3.63) is 35.9 Å². The highest BCUT2D eigenvalue weighted by Gasteiger charge is 2.34. The van der Waals surface area contributed by atoms with Crippen LogP contribution in [0.1, 0.15) is 18.4 Å². The molecule has 2 nitrogen and oxygen atoms in total. The average molecular weight is 175 g/mol. The van der Waals surface area contributed by atoms with Gasteiger partial charge in [0.2, 0.25) is 0 Å². The van der Waals surface area contributed by atoms with Gasteiger partial charge in [0, 0.05) is 0 Å². The topological polar surface area (TPSA) is 29.1 Å². The van der Waals surface area contributed by atoms with E-state index >= 15 is 0 Å². The van der Waals surface area contributed by atoms with Crippen molar-refractivity contribution in [1.82, 2.24) is 5.32 Å². The van der Waals surface area contributed by atoms with Crippen molar-refractivity contribution in [3.63, 3.8) is 0 Å². The molecule has 1 fully saturated rings. The Labute approximate surface area is 78.0 Å². The second-order valence-corrected chi connectivity index (χ2v) is 3.49. The van der Waals surface area contributed by atoms with Crippen molar-refractivity contribution in [2.45, 2.75) is 18.4 Å². The summed E-state index contributed by atoms with van der Waals surface area (Å²) >= 11 is 0. The number of hydrogen-bond donors (Lipinski definition) is 1. The summed E-state index contributed by atoms with van der Waals surface area (Å²) in [6.45, 7) is 0.938. The Morgan fingerprint density at radius 2 is 2.08 bits per heavy atom. The number of nitrogens with one attached hydrogen (secondary N) is 1. The maximum Gasteiger partial charge on any atom is 0.144 e. The van der Waals surface area contributed by atoms with E-state index < -0.39 is 5.54 Å². The number of aldehydes is 1. The van der Waals surface area contributed by atoms with Crippen molar-refractivity contribution in [2.75, 3.05) is 6.54 Å². The monoisotopic (exact) mass is 175 g/mol. The van der Waals surface area contributed by atoms with Crippen LogP contribution in [0.2, 0.25) is 0 Å². The molecule has 2 rings (SSSR count). The Bertz CT molecular complexity index is 288. The predicted molar refractivity (Wildman–Crippen MR) is 51.4 cm³/mol. The first-order chi connectivity index (χ1) is 6.37. The second-order valence-electron chi connectivity index (χ2n) is 3.49. The zero-order chi connectivity index (χ0) is 9.15. The summed E-state index contributed by atoms with van der Waals surface area (Å²) in [4.78, 5) is 11.1. The lowest BCUT2D eigenvalue weighted by Gasteiger charge is -2.22. The van der Waals surface area contributed by atoms with Gasteiger partial charge in [-0.2, -0.15) is 0 Å². The van der Waals surface area contributed by atoms with Crippen LogP contribution in [0.5, 0.6) is 0 Å². The van der Waals surface area contributed by atoms with E-state index in [0.717, 1.165) is 31.2 Å². The van der Waals surface area contributed by atoms with Gasteiger partial charge in [-0.25, -0.2) is 0 Å². The zero-order valence-electron chi connectivity index (χ0n) is 7.49. The molecule has 1 aromatic rings. The molecule has 1 heterocycles. The number of carbonyl (C=O) groups is 1.